The quantitative estimate of drug-likeness (QED) is 0.761. The minimum absolute atomic E-state index is 0.150. The molecular formula is C15H21ClN2OS. The van der Waals surface area contributed by atoms with Gasteiger partial charge in [-0.05, 0) is 56.1 Å². The van der Waals surface area contributed by atoms with Gasteiger partial charge in [-0.25, -0.2) is 0 Å². The van der Waals surface area contributed by atoms with Crippen molar-refractivity contribution in [3.8, 4) is 0 Å². The molecule has 1 aromatic carbocycles. The Labute approximate surface area is 129 Å². The van der Waals surface area contributed by atoms with Crippen molar-refractivity contribution in [1.29, 1.82) is 0 Å². The molecule has 1 aromatic rings. The highest BCUT2D eigenvalue weighted by Gasteiger charge is 2.13. The van der Waals surface area contributed by atoms with E-state index in [1.807, 2.05) is 24.3 Å². The van der Waals surface area contributed by atoms with Crippen molar-refractivity contribution in [3.63, 3.8) is 0 Å². The zero-order chi connectivity index (χ0) is 14.2. The summed E-state index contributed by atoms with van der Waals surface area (Å²) in [5.74, 6) is 1.69. The van der Waals surface area contributed by atoms with Crippen molar-refractivity contribution in [3.05, 3.63) is 29.3 Å². The van der Waals surface area contributed by atoms with Crippen LogP contribution in [-0.4, -0.2) is 31.3 Å². The number of halogens is 1. The first-order valence-corrected chi connectivity index (χ1v) is 8.46. The van der Waals surface area contributed by atoms with Crippen molar-refractivity contribution < 1.29 is 4.79 Å². The van der Waals surface area contributed by atoms with Crippen LogP contribution < -0.4 is 10.6 Å². The van der Waals surface area contributed by atoms with Crippen molar-refractivity contribution in [2.75, 3.05) is 25.4 Å². The van der Waals surface area contributed by atoms with E-state index in [4.69, 9.17) is 11.6 Å². The molecular weight excluding hydrogens is 292 g/mol. The van der Waals surface area contributed by atoms with Crippen LogP contribution in [0.25, 0.3) is 0 Å². The Bertz CT molecular complexity index is 418. The predicted octanol–water partition coefficient (Wildman–Crippen LogP) is 2.94. The summed E-state index contributed by atoms with van der Waals surface area (Å²) in [6.45, 7) is 3.02. The molecule has 3 nitrogen and oxygen atoms in total. The second-order valence-electron chi connectivity index (χ2n) is 5.05. The van der Waals surface area contributed by atoms with Crippen LogP contribution in [0.5, 0.6) is 0 Å². The molecule has 0 spiro atoms. The van der Waals surface area contributed by atoms with E-state index >= 15 is 0 Å². The van der Waals surface area contributed by atoms with Crippen LogP contribution in [-0.2, 0) is 4.79 Å². The number of hydrogen-bond donors (Lipinski definition) is 2. The number of benzene rings is 1. The number of nitrogens with one attached hydrogen (secondary N) is 2. The molecule has 1 aliphatic rings. The van der Waals surface area contributed by atoms with Crippen LogP contribution in [0.2, 0.25) is 5.02 Å². The predicted molar refractivity (Wildman–Crippen MR) is 85.4 cm³/mol. The van der Waals surface area contributed by atoms with Crippen LogP contribution in [0.3, 0.4) is 0 Å². The first-order chi connectivity index (χ1) is 9.74. The van der Waals surface area contributed by atoms with E-state index in [1.165, 1.54) is 6.42 Å². The zero-order valence-corrected chi connectivity index (χ0v) is 13.1. The van der Waals surface area contributed by atoms with Gasteiger partial charge in [0.05, 0.1) is 0 Å². The molecule has 0 aromatic heterocycles. The molecule has 110 valence electrons. The van der Waals surface area contributed by atoms with Gasteiger partial charge in [0.1, 0.15) is 0 Å². The summed E-state index contributed by atoms with van der Waals surface area (Å²) in [7, 11) is 0. The lowest BCUT2D eigenvalue weighted by Gasteiger charge is -2.09. The Hall–Kier alpha value is -0.710. The average molecular weight is 313 g/mol. The lowest BCUT2D eigenvalue weighted by molar-refractivity contribution is -0.120. The first kappa shape index (κ1) is 15.7. The van der Waals surface area contributed by atoms with Gasteiger partial charge in [0.2, 0.25) is 5.91 Å². The minimum atomic E-state index is 0.150. The number of carbonyl (C=O) groups excluding carboxylic acids is 1. The van der Waals surface area contributed by atoms with Gasteiger partial charge >= 0.3 is 0 Å². The Morgan fingerprint density at radius 2 is 2.20 bits per heavy atom. The highest BCUT2D eigenvalue weighted by molar-refractivity contribution is 7.99. The molecule has 1 aliphatic heterocycles. The van der Waals surface area contributed by atoms with E-state index in [0.29, 0.717) is 6.42 Å². The maximum Gasteiger partial charge on any atom is 0.220 e. The number of carbonyl (C=O) groups is 1. The topological polar surface area (TPSA) is 41.1 Å². The van der Waals surface area contributed by atoms with Crippen LogP contribution in [0.15, 0.2) is 29.2 Å². The van der Waals surface area contributed by atoms with E-state index < -0.39 is 0 Å². The Morgan fingerprint density at radius 3 is 2.90 bits per heavy atom. The van der Waals surface area contributed by atoms with Crippen molar-refractivity contribution in [1.82, 2.24) is 10.6 Å². The molecule has 0 bridgehead atoms. The smallest absolute Gasteiger partial charge is 0.220 e. The molecule has 5 heteroatoms. The lowest BCUT2D eigenvalue weighted by atomic mass is 10.1. The average Bonchev–Trinajstić information content (AvgIpc) is 2.94. The standard InChI is InChI=1S/C15H21ClN2OS/c16-13-1-3-14(4-2-13)20-10-7-15(19)18-9-6-12-5-8-17-11-12/h1-4,12,17H,5-11H2,(H,18,19). The van der Waals surface area contributed by atoms with Gasteiger partial charge in [-0.15, -0.1) is 11.8 Å². The third kappa shape index (κ3) is 5.73. The van der Waals surface area contributed by atoms with Crippen LogP contribution in [0.1, 0.15) is 19.3 Å². The summed E-state index contributed by atoms with van der Waals surface area (Å²) in [4.78, 5) is 12.9. The highest BCUT2D eigenvalue weighted by Crippen LogP contribution is 2.20. The second-order valence-corrected chi connectivity index (χ2v) is 6.65. The van der Waals surface area contributed by atoms with E-state index in [2.05, 4.69) is 10.6 Å². The van der Waals surface area contributed by atoms with Gasteiger partial charge in [0.25, 0.3) is 0 Å². The Kier molecular flexibility index (Phi) is 6.70. The molecule has 1 atom stereocenters. The highest BCUT2D eigenvalue weighted by atomic mass is 35.5. The van der Waals surface area contributed by atoms with Gasteiger partial charge in [0.15, 0.2) is 0 Å². The molecule has 20 heavy (non-hydrogen) atoms. The SMILES string of the molecule is O=C(CCSc1ccc(Cl)cc1)NCCC1CCNC1. The van der Waals surface area contributed by atoms with Gasteiger partial charge in [-0.3, -0.25) is 4.79 Å². The molecule has 1 unspecified atom stereocenters. The van der Waals surface area contributed by atoms with Crippen LogP contribution in [0.4, 0.5) is 0 Å². The number of thioether (sulfide) groups is 1. The van der Waals surface area contributed by atoms with Crippen LogP contribution in [0, 0.1) is 5.92 Å². The summed E-state index contributed by atoms with van der Waals surface area (Å²) < 4.78 is 0. The van der Waals surface area contributed by atoms with Crippen molar-refractivity contribution in [2.45, 2.75) is 24.2 Å². The molecule has 2 N–H and O–H groups in total. The Morgan fingerprint density at radius 1 is 1.40 bits per heavy atom. The fraction of sp³-hybridized carbons (Fsp3) is 0.533. The lowest BCUT2D eigenvalue weighted by Crippen LogP contribution is -2.26. The van der Waals surface area contributed by atoms with Gasteiger partial charge < -0.3 is 10.6 Å². The zero-order valence-electron chi connectivity index (χ0n) is 11.5. The molecule has 2 rings (SSSR count). The van der Waals surface area contributed by atoms with Gasteiger partial charge in [0, 0.05) is 28.6 Å². The first-order valence-electron chi connectivity index (χ1n) is 7.10. The monoisotopic (exact) mass is 312 g/mol. The van der Waals surface area contributed by atoms with E-state index in [-0.39, 0.29) is 5.91 Å². The molecule has 1 amide bonds. The summed E-state index contributed by atoms with van der Waals surface area (Å²) in [6.07, 6.45) is 2.89. The van der Waals surface area contributed by atoms with E-state index in [0.717, 1.165) is 47.6 Å². The maximum atomic E-state index is 11.7. The minimum Gasteiger partial charge on any atom is -0.356 e. The van der Waals surface area contributed by atoms with Gasteiger partial charge in [-0.1, -0.05) is 11.6 Å². The molecule has 1 saturated heterocycles. The molecule has 0 aliphatic carbocycles. The summed E-state index contributed by atoms with van der Waals surface area (Å²) in [6, 6.07) is 7.72. The van der Waals surface area contributed by atoms with Crippen molar-refractivity contribution in [2.24, 2.45) is 5.92 Å². The fourth-order valence-corrected chi connectivity index (χ4v) is 3.24. The maximum absolute atomic E-state index is 11.7. The third-order valence-corrected chi connectivity index (χ3v) is 4.71. The van der Waals surface area contributed by atoms with Crippen LogP contribution >= 0.6 is 23.4 Å². The molecule has 0 saturated carbocycles. The van der Waals surface area contributed by atoms with E-state index in [1.54, 1.807) is 11.8 Å². The fourth-order valence-electron chi connectivity index (χ4n) is 2.26. The summed E-state index contributed by atoms with van der Waals surface area (Å²) in [5, 5.41) is 7.09. The molecule has 1 heterocycles. The van der Waals surface area contributed by atoms with E-state index in [9.17, 15) is 4.79 Å². The number of rotatable bonds is 7. The normalized spacial score (nSPS) is 18.1. The van der Waals surface area contributed by atoms with Gasteiger partial charge in [-0.2, -0.15) is 0 Å². The Balaban J connectivity index is 1.54. The number of amides is 1. The third-order valence-electron chi connectivity index (χ3n) is 3.45. The molecule has 0 radical (unpaired) electrons. The second kappa shape index (κ2) is 8.55. The molecule has 1 fully saturated rings. The summed E-state index contributed by atoms with van der Waals surface area (Å²) in [5.41, 5.74) is 0. The van der Waals surface area contributed by atoms with Crippen molar-refractivity contribution >= 4 is 29.3 Å². The largest absolute Gasteiger partial charge is 0.356 e. The number of hydrogen-bond acceptors (Lipinski definition) is 3. The summed E-state index contributed by atoms with van der Waals surface area (Å²) >= 11 is 7.52.